The maximum absolute atomic E-state index is 13.2. The molecule has 1 aliphatic rings. The first-order valence-electron chi connectivity index (χ1n) is 4.57. The second kappa shape index (κ2) is 5.07. The first-order valence-corrected chi connectivity index (χ1v) is 4.57. The molecule has 1 unspecified atom stereocenters. The number of hydrogen-bond acceptors (Lipinski definition) is 4. The third-order valence-corrected chi connectivity index (χ3v) is 2.10. The Morgan fingerprint density at radius 2 is 1.75 bits per heavy atom. The number of cyclic esters (lactones) is 2. The lowest BCUT2D eigenvalue weighted by molar-refractivity contribution is -0.392. The Bertz CT molecular complexity index is 427. The van der Waals surface area contributed by atoms with E-state index in [1.54, 1.807) is 0 Å². The smallest absolute Gasteiger partial charge is 0.427 e. The molecule has 0 aromatic rings. The van der Waals surface area contributed by atoms with Crippen LogP contribution in [0, 0.1) is 0 Å². The van der Waals surface area contributed by atoms with Crippen molar-refractivity contribution in [2.45, 2.75) is 17.9 Å². The molecule has 1 fully saturated rings. The standard InChI is InChI=1S/C8H4F8O4/c9-3(4(10)11)1-19-6(2-18-5(17)20-6)7(12,13)8(14,15)16/h1-2H2. The van der Waals surface area contributed by atoms with Gasteiger partial charge in [-0.05, 0) is 0 Å². The lowest BCUT2D eigenvalue weighted by atomic mass is 10.1. The van der Waals surface area contributed by atoms with Crippen LogP contribution in [0.2, 0.25) is 0 Å². The van der Waals surface area contributed by atoms with Crippen molar-refractivity contribution in [1.29, 1.82) is 0 Å². The minimum atomic E-state index is -6.25. The van der Waals surface area contributed by atoms with Crippen LogP contribution in [0.5, 0.6) is 0 Å². The van der Waals surface area contributed by atoms with Gasteiger partial charge in [0.25, 0.3) is 0 Å². The van der Waals surface area contributed by atoms with Gasteiger partial charge in [-0.15, -0.1) is 0 Å². The van der Waals surface area contributed by atoms with Crippen molar-refractivity contribution in [3.8, 4) is 0 Å². The van der Waals surface area contributed by atoms with Crippen LogP contribution in [0.4, 0.5) is 39.9 Å². The maximum atomic E-state index is 13.2. The highest BCUT2D eigenvalue weighted by Crippen LogP contribution is 2.48. The van der Waals surface area contributed by atoms with Crippen LogP contribution < -0.4 is 0 Å². The molecular weight excluding hydrogens is 312 g/mol. The molecule has 1 rings (SSSR count). The largest absolute Gasteiger partial charge is 0.511 e. The minimum Gasteiger partial charge on any atom is -0.427 e. The summed E-state index contributed by atoms with van der Waals surface area (Å²) in [5.74, 6) is -12.3. The fourth-order valence-electron chi connectivity index (χ4n) is 1.11. The highest BCUT2D eigenvalue weighted by atomic mass is 19.4. The maximum Gasteiger partial charge on any atom is 0.511 e. The highest BCUT2D eigenvalue weighted by Gasteiger charge is 2.76. The lowest BCUT2D eigenvalue weighted by Crippen LogP contribution is -2.60. The van der Waals surface area contributed by atoms with Crippen molar-refractivity contribution in [2.24, 2.45) is 0 Å². The molecule has 20 heavy (non-hydrogen) atoms. The lowest BCUT2D eigenvalue weighted by Gasteiger charge is -2.33. The number of rotatable bonds is 4. The van der Waals surface area contributed by atoms with Crippen LogP contribution in [0.25, 0.3) is 0 Å². The van der Waals surface area contributed by atoms with Crippen LogP contribution in [-0.4, -0.2) is 37.3 Å². The van der Waals surface area contributed by atoms with E-state index in [2.05, 4.69) is 14.2 Å². The molecule has 0 radical (unpaired) electrons. The fourth-order valence-corrected chi connectivity index (χ4v) is 1.11. The van der Waals surface area contributed by atoms with Crippen LogP contribution in [0.1, 0.15) is 0 Å². The SMILES string of the molecule is O=C1OCC(OCC(F)=C(F)F)(C(F)(F)C(F)(F)F)O1. The summed E-state index contributed by atoms with van der Waals surface area (Å²) in [5, 5.41) is 0. The summed E-state index contributed by atoms with van der Waals surface area (Å²) < 4.78 is 110. The van der Waals surface area contributed by atoms with Crippen molar-refractivity contribution < 1.29 is 54.1 Å². The third-order valence-electron chi connectivity index (χ3n) is 2.10. The van der Waals surface area contributed by atoms with Gasteiger partial charge < -0.3 is 14.2 Å². The molecule has 4 nitrogen and oxygen atoms in total. The van der Waals surface area contributed by atoms with Gasteiger partial charge in [-0.2, -0.15) is 30.7 Å². The van der Waals surface area contributed by atoms with E-state index in [0.717, 1.165) is 0 Å². The normalized spacial score (nSPS) is 23.3. The summed E-state index contributed by atoms with van der Waals surface area (Å²) in [6.07, 6.45) is -11.2. The molecule has 0 bridgehead atoms. The van der Waals surface area contributed by atoms with Gasteiger partial charge in [-0.3, -0.25) is 0 Å². The number of carbonyl (C=O) groups excluding carboxylic acids is 1. The summed E-state index contributed by atoms with van der Waals surface area (Å²) in [4.78, 5) is 10.5. The van der Waals surface area contributed by atoms with E-state index >= 15 is 0 Å². The number of halogens is 8. The zero-order valence-electron chi connectivity index (χ0n) is 9.07. The molecule has 1 saturated heterocycles. The zero-order valence-corrected chi connectivity index (χ0v) is 9.07. The molecular formula is C8H4F8O4. The van der Waals surface area contributed by atoms with Crippen LogP contribution in [0.15, 0.2) is 11.9 Å². The second-order valence-electron chi connectivity index (χ2n) is 3.42. The molecule has 12 heteroatoms. The predicted octanol–water partition coefficient (Wildman–Crippen LogP) is 3.14. The molecule has 0 spiro atoms. The van der Waals surface area contributed by atoms with E-state index in [-0.39, 0.29) is 0 Å². The van der Waals surface area contributed by atoms with Crippen molar-refractivity contribution in [3.05, 3.63) is 11.9 Å². The first-order chi connectivity index (χ1) is 8.93. The zero-order chi connectivity index (χ0) is 15.8. The number of alkyl halides is 5. The second-order valence-corrected chi connectivity index (χ2v) is 3.42. The average Bonchev–Trinajstić information content (AvgIpc) is 2.67. The van der Waals surface area contributed by atoms with Gasteiger partial charge in [0.2, 0.25) is 0 Å². The molecule has 0 saturated carbocycles. The Morgan fingerprint density at radius 3 is 2.10 bits per heavy atom. The molecule has 116 valence electrons. The summed E-state index contributed by atoms with van der Waals surface area (Å²) in [6.45, 7) is -3.72. The molecule has 0 amide bonds. The van der Waals surface area contributed by atoms with E-state index in [1.807, 2.05) is 0 Å². The van der Waals surface area contributed by atoms with E-state index < -0.39 is 49.2 Å². The van der Waals surface area contributed by atoms with E-state index in [4.69, 9.17) is 0 Å². The van der Waals surface area contributed by atoms with Gasteiger partial charge in [-0.1, -0.05) is 0 Å². The molecule has 1 atom stereocenters. The third kappa shape index (κ3) is 2.78. The molecule has 1 heterocycles. The van der Waals surface area contributed by atoms with Crippen molar-refractivity contribution >= 4 is 6.16 Å². The van der Waals surface area contributed by atoms with Crippen molar-refractivity contribution in [3.63, 3.8) is 0 Å². The van der Waals surface area contributed by atoms with E-state index in [0.29, 0.717) is 0 Å². The van der Waals surface area contributed by atoms with Gasteiger partial charge in [-0.25, -0.2) is 9.18 Å². The summed E-state index contributed by atoms with van der Waals surface area (Å²) in [7, 11) is 0. The monoisotopic (exact) mass is 316 g/mol. The first kappa shape index (κ1) is 16.5. The Kier molecular flexibility index (Phi) is 4.17. The Morgan fingerprint density at radius 1 is 1.20 bits per heavy atom. The topological polar surface area (TPSA) is 44.8 Å². The Hall–Kier alpha value is -1.59. The number of carbonyl (C=O) groups is 1. The summed E-state index contributed by atoms with van der Waals surface area (Å²) in [5.41, 5.74) is 0. The van der Waals surface area contributed by atoms with Crippen LogP contribution >= 0.6 is 0 Å². The number of ether oxygens (including phenoxy) is 3. The van der Waals surface area contributed by atoms with Crippen molar-refractivity contribution in [2.75, 3.05) is 13.2 Å². The molecule has 0 aromatic heterocycles. The van der Waals surface area contributed by atoms with Crippen molar-refractivity contribution in [1.82, 2.24) is 0 Å². The summed E-state index contributed by atoms with van der Waals surface area (Å²) >= 11 is 0. The van der Waals surface area contributed by atoms with Crippen LogP contribution in [0.3, 0.4) is 0 Å². The predicted molar refractivity (Wildman–Crippen MR) is 42.5 cm³/mol. The highest BCUT2D eigenvalue weighted by molar-refractivity contribution is 5.62. The van der Waals surface area contributed by atoms with E-state index in [9.17, 15) is 39.9 Å². The van der Waals surface area contributed by atoms with E-state index in [1.165, 1.54) is 0 Å². The van der Waals surface area contributed by atoms with Gasteiger partial charge in [0, 0.05) is 0 Å². The number of hydrogen-bond donors (Lipinski definition) is 0. The van der Waals surface area contributed by atoms with Crippen LogP contribution in [-0.2, 0) is 14.2 Å². The van der Waals surface area contributed by atoms with Gasteiger partial charge in [0.15, 0.2) is 12.4 Å². The fraction of sp³-hybridized carbons (Fsp3) is 0.625. The molecule has 0 aliphatic carbocycles. The van der Waals surface area contributed by atoms with Gasteiger partial charge in [0.05, 0.1) is 0 Å². The molecule has 0 aromatic carbocycles. The van der Waals surface area contributed by atoms with Gasteiger partial charge >= 0.3 is 30.1 Å². The quantitative estimate of drug-likeness (QED) is 0.590. The molecule has 0 N–H and O–H groups in total. The summed E-state index contributed by atoms with van der Waals surface area (Å²) in [6, 6.07) is 0. The minimum absolute atomic E-state index is 1.75. The molecule has 1 aliphatic heterocycles. The Labute approximate surface area is 104 Å². The average molecular weight is 316 g/mol. The van der Waals surface area contributed by atoms with Gasteiger partial charge in [0.1, 0.15) is 6.61 Å². The Balaban J connectivity index is 3.07.